The molecule has 0 N–H and O–H groups in total. The summed E-state index contributed by atoms with van der Waals surface area (Å²) in [4.78, 5) is 21.8. The fourth-order valence-electron chi connectivity index (χ4n) is 1.44. The number of ether oxygens (including phenoxy) is 2. The lowest BCUT2D eigenvalue weighted by Crippen LogP contribution is -2.47. The summed E-state index contributed by atoms with van der Waals surface area (Å²) >= 11 is 0. The summed E-state index contributed by atoms with van der Waals surface area (Å²) in [6.07, 6.45) is 1.81. The smallest absolute Gasteiger partial charge is 0.330 e. The molecule has 4 nitrogen and oxygen atoms in total. The molecule has 0 aliphatic rings. The standard InChI is InChI=1S/C14H20F2O4/c1-6-11(17)19-8-10(3)14(15,16)13(4,5)9-20-12(18)7-2/h6-7,10H,1-2,8-9H2,3-5H3. The van der Waals surface area contributed by atoms with E-state index in [1.54, 1.807) is 0 Å². The third-order valence-corrected chi connectivity index (χ3v) is 2.91. The van der Waals surface area contributed by atoms with E-state index < -0.39 is 42.4 Å². The summed E-state index contributed by atoms with van der Waals surface area (Å²) in [6, 6.07) is 0. The van der Waals surface area contributed by atoms with Gasteiger partial charge in [-0.15, -0.1) is 0 Å². The predicted octanol–water partition coefficient (Wildman–Crippen LogP) is 2.74. The molecule has 1 unspecified atom stereocenters. The van der Waals surface area contributed by atoms with Gasteiger partial charge in [0.1, 0.15) is 6.61 Å². The Morgan fingerprint density at radius 2 is 1.60 bits per heavy atom. The highest BCUT2D eigenvalue weighted by atomic mass is 19.3. The SMILES string of the molecule is C=CC(=O)OCC(C)C(F)(F)C(C)(C)COC(=O)C=C. The Balaban J connectivity index is 4.71. The van der Waals surface area contributed by atoms with Crippen LogP contribution in [0.4, 0.5) is 8.78 Å². The molecule has 6 heteroatoms. The normalized spacial score (nSPS) is 13.2. The molecular formula is C14H20F2O4. The summed E-state index contributed by atoms with van der Waals surface area (Å²) in [5.74, 6) is -5.96. The first-order valence-corrected chi connectivity index (χ1v) is 6.04. The third-order valence-electron chi connectivity index (χ3n) is 2.91. The summed E-state index contributed by atoms with van der Waals surface area (Å²) in [5, 5.41) is 0. The molecule has 0 fully saturated rings. The minimum absolute atomic E-state index is 0.448. The first kappa shape index (κ1) is 18.3. The van der Waals surface area contributed by atoms with E-state index in [1.165, 1.54) is 20.8 Å². The number of hydrogen-bond acceptors (Lipinski definition) is 4. The summed E-state index contributed by atoms with van der Waals surface area (Å²) in [7, 11) is 0. The average molecular weight is 290 g/mol. The maximum Gasteiger partial charge on any atom is 0.330 e. The van der Waals surface area contributed by atoms with Gasteiger partial charge in [-0.2, -0.15) is 0 Å². The first-order chi connectivity index (χ1) is 9.08. The average Bonchev–Trinajstić information content (AvgIpc) is 2.41. The summed E-state index contributed by atoms with van der Waals surface area (Å²) in [5.41, 5.74) is -1.61. The largest absolute Gasteiger partial charge is 0.462 e. The Kier molecular flexibility index (Phi) is 6.55. The van der Waals surface area contributed by atoms with Gasteiger partial charge < -0.3 is 9.47 Å². The van der Waals surface area contributed by atoms with Gasteiger partial charge in [0.25, 0.3) is 5.92 Å². The first-order valence-electron chi connectivity index (χ1n) is 6.04. The lowest BCUT2D eigenvalue weighted by Gasteiger charge is -2.37. The van der Waals surface area contributed by atoms with Crippen LogP contribution in [0, 0.1) is 11.3 Å². The monoisotopic (exact) mass is 290 g/mol. The van der Waals surface area contributed by atoms with Crippen molar-refractivity contribution in [2.75, 3.05) is 13.2 Å². The van der Waals surface area contributed by atoms with Crippen LogP contribution in [-0.2, 0) is 19.1 Å². The Morgan fingerprint density at radius 3 is 2.05 bits per heavy atom. The van der Waals surface area contributed by atoms with Gasteiger partial charge in [-0.3, -0.25) is 0 Å². The number of halogens is 2. The summed E-state index contributed by atoms with van der Waals surface area (Å²) < 4.78 is 37.8. The third kappa shape index (κ3) is 4.75. The molecule has 20 heavy (non-hydrogen) atoms. The maximum absolute atomic E-state index is 14.3. The van der Waals surface area contributed by atoms with Crippen LogP contribution in [0.25, 0.3) is 0 Å². The minimum atomic E-state index is -3.20. The molecule has 0 amide bonds. The molecule has 0 aromatic carbocycles. The van der Waals surface area contributed by atoms with Crippen LogP contribution in [0.15, 0.2) is 25.3 Å². The minimum Gasteiger partial charge on any atom is -0.462 e. The number of carbonyl (C=O) groups excluding carboxylic acids is 2. The molecular weight excluding hydrogens is 270 g/mol. The quantitative estimate of drug-likeness (QED) is 0.509. The van der Waals surface area contributed by atoms with Crippen LogP contribution in [0.5, 0.6) is 0 Å². The molecule has 0 saturated carbocycles. The number of carbonyl (C=O) groups is 2. The molecule has 0 aliphatic heterocycles. The van der Waals surface area contributed by atoms with E-state index in [-0.39, 0.29) is 0 Å². The van der Waals surface area contributed by atoms with Crippen molar-refractivity contribution in [2.24, 2.45) is 11.3 Å². The van der Waals surface area contributed by atoms with Crippen molar-refractivity contribution in [1.82, 2.24) is 0 Å². The lowest BCUT2D eigenvalue weighted by atomic mass is 9.80. The second kappa shape index (κ2) is 7.17. The number of alkyl halides is 2. The fraction of sp³-hybridized carbons (Fsp3) is 0.571. The Labute approximate surface area is 117 Å². The lowest BCUT2D eigenvalue weighted by molar-refractivity contribution is -0.184. The van der Waals surface area contributed by atoms with Crippen LogP contribution >= 0.6 is 0 Å². The molecule has 0 bridgehead atoms. The van der Waals surface area contributed by atoms with Crippen LogP contribution in [0.2, 0.25) is 0 Å². The van der Waals surface area contributed by atoms with E-state index >= 15 is 0 Å². The van der Waals surface area contributed by atoms with Crippen molar-refractivity contribution >= 4 is 11.9 Å². The highest BCUT2D eigenvalue weighted by molar-refractivity contribution is 5.81. The Hall–Kier alpha value is -1.72. The predicted molar refractivity (Wildman–Crippen MR) is 70.2 cm³/mol. The van der Waals surface area contributed by atoms with Gasteiger partial charge in [0.15, 0.2) is 0 Å². The van der Waals surface area contributed by atoms with E-state index in [4.69, 9.17) is 0 Å². The van der Waals surface area contributed by atoms with E-state index in [1.807, 2.05) is 0 Å². The molecule has 0 saturated heterocycles. The highest BCUT2D eigenvalue weighted by Crippen LogP contribution is 2.42. The zero-order valence-electron chi connectivity index (χ0n) is 11.9. The van der Waals surface area contributed by atoms with Crippen molar-refractivity contribution in [3.8, 4) is 0 Å². The topological polar surface area (TPSA) is 52.6 Å². The van der Waals surface area contributed by atoms with Crippen molar-refractivity contribution in [3.63, 3.8) is 0 Å². The zero-order chi connectivity index (χ0) is 16.0. The zero-order valence-corrected chi connectivity index (χ0v) is 11.9. The molecule has 0 aromatic heterocycles. The molecule has 1 atom stereocenters. The van der Waals surface area contributed by atoms with E-state index in [2.05, 4.69) is 22.6 Å². The Bertz CT molecular complexity index is 389. The van der Waals surface area contributed by atoms with Crippen molar-refractivity contribution in [1.29, 1.82) is 0 Å². The van der Waals surface area contributed by atoms with E-state index in [0.717, 1.165) is 12.2 Å². The van der Waals surface area contributed by atoms with Crippen LogP contribution in [0.1, 0.15) is 20.8 Å². The van der Waals surface area contributed by atoms with Crippen molar-refractivity contribution in [3.05, 3.63) is 25.3 Å². The molecule has 0 aromatic rings. The van der Waals surface area contributed by atoms with Gasteiger partial charge in [0, 0.05) is 12.2 Å². The van der Waals surface area contributed by atoms with Gasteiger partial charge in [-0.05, 0) is 0 Å². The van der Waals surface area contributed by atoms with Gasteiger partial charge in [0.2, 0.25) is 0 Å². The molecule has 0 radical (unpaired) electrons. The maximum atomic E-state index is 14.3. The molecule has 0 rings (SSSR count). The van der Waals surface area contributed by atoms with Crippen LogP contribution < -0.4 is 0 Å². The van der Waals surface area contributed by atoms with Crippen molar-refractivity contribution < 1.29 is 27.8 Å². The van der Waals surface area contributed by atoms with E-state index in [0.29, 0.717) is 0 Å². The van der Waals surface area contributed by atoms with E-state index in [9.17, 15) is 18.4 Å². The highest BCUT2D eigenvalue weighted by Gasteiger charge is 2.51. The van der Waals surface area contributed by atoms with Gasteiger partial charge in [-0.25, -0.2) is 18.4 Å². The number of hydrogen-bond donors (Lipinski definition) is 0. The van der Waals surface area contributed by atoms with Crippen LogP contribution in [0.3, 0.4) is 0 Å². The fourth-order valence-corrected chi connectivity index (χ4v) is 1.44. The second-order valence-corrected chi connectivity index (χ2v) is 5.05. The summed E-state index contributed by atoms with van der Waals surface area (Å²) in [6.45, 7) is 9.25. The molecule has 0 heterocycles. The van der Waals surface area contributed by atoms with Crippen molar-refractivity contribution in [2.45, 2.75) is 26.7 Å². The van der Waals surface area contributed by atoms with Gasteiger partial charge in [0.05, 0.1) is 17.9 Å². The molecule has 0 aliphatic carbocycles. The Morgan fingerprint density at radius 1 is 1.15 bits per heavy atom. The second-order valence-electron chi connectivity index (χ2n) is 5.05. The van der Waals surface area contributed by atoms with Gasteiger partial charge >= 0.3 is 11.9 Å². The number of rotatable bonds is 8. The number of esters is 2. The van der Waals surface area contributed by atoms with Crippen LogP contribution in [-0.4, -0.2) is 31.1 Å². The van der Waals surface area contributed by atoms with Gasteiger partial charge in [-0.1, -0.05) is 33.9 Å². The molecule has 0 spiro atoms. The molecule has 114 valence electrons.